The maximum atomic E-state index is 12.4. The molecule has 1 N–H and O–H groups in total. The summed E-state index contributed by atoms with van der Waals surface area (Å²) in [6.45, 7) is 7.16. The zero-order valence-electron chi connectivity index (χ0n) is 12.3. The van der Waals surface area contributed by atoms with Crippen molar-refractivity contribution in [3.63, 3.8) is 0 Å². The molecule has 0 amide bonds. The van der Waals surface area contributed by atoms with E-state index in [1.54, 1.807) is 25.1 Å². The molecular weight excluding hydrogens is 312 g/mol. The average Bonchev–Trinajstić information content (AvgIpc) is 2.48. The number of nitrogens with zero attached hydrogens (tertiary/aromatic N) is 1. The summed E-state index contributed by atoms with van der Waals surface area (Å²) >= 11 is 5.99. The van der Waals surface area contributed by atoms with Crippen molar-refractivity contribution in [3.05, 3.63) is 28.8 Å². The van der Waals surface area contributed by atoms with E-state index in [9.17, 15) is 8.42 Å². The SMILES string of the molecule is Cc1c(Cl)cccc1S(=O)(=O)NC[C@H](C)N1CCOCC1. The number of hydrogen-bond acceptors (Lipinski definition) is 4. The third-order valence-corrected chi connectivity index (χ3v) is 5.72. The van der Waals surface area contributed by atoms with Gasteiger partial charge in [-0.25, -0.2) is 13.1 Å². The van der Waals surface area contributed by atoms with Gasteiger partial charge < -0.3 is 4.74 Å². The molecule has 1 aliphatic rings. The Morgan fingerprint density at radius 2 is 2.05 bits per heavy atom. The van der Waals surface area contributed by atoms with Gasteiger partial charge in [-0.1, -0.05) is 17.7 Å². The standard InChI is InChI=1S/C14H21ClN2O3S/c1-11(17-6-8-20-9-7-17)10-16-21(18,19)14-5-3-4-13(15)12(14)2/h3-5,11,16H,6-10H2,1-2H3/t11-/m0/s1. The van der Waals surface area contributed by atoms with E-state index in [0.29, 0.717) is 30.3 Å². The van der Waals surface area contributed by atoms with Crippen LogP contribution in [0, 0.1) is 6.92 Å². The number of halogens is 1. The van der Waals surface area contributed by atoms with Crippen LogP contribution in [0.15, 0.2) is 23.1 Å². The summed E-state index contributed by atoms with van der Waals surface area (Å²) in [5, 5.41) is 0.458. The monoisotopic (exact) mass is 332 g/mol. The van der Waals surface area contributed by atoms with Crippen molar-refractivity contribution in [1.82, 2.24) is 9.62 Å². The van der Waals surface area contributed by atoms with Gasteiger partial charge in [-0.3, -0.25) is 4.90 Å². The first-order chi connectivity index (χ1) is 9.92. The van der Waals surface area contributed by atoms with Crippen LogP contribution < -0.4 is 4.72 Å². The first-order valence-corrected chi connectivity index (χ1v) is 8.84. The molecule has 1 aliphatic heterocycles. The number of sulfonamides is 1. The summed E-state index contributed by atoms with van der Waals surface area (Å²) < 4.78 is 32.7. The Labute approximate surface area is 131 Å². The van der Waals surface area contributed by atoms with E-state index in [1.807, 2.05) is 6.92 Å². The van der Waals surface area contributed by atoms with Crippen molar-refractivity contribution in [2.45, 2.75) is 24.8 Å². The highest BCUT2D eigenvalue weighted by Crippen LogP contribution is 2.22. The molecular formula is C14H21ClN2O3S. The van der Waals surface area contributed by atoms with Gasteiger partial charge in [0, 0.05) is 30.7 Å². The Hall–Kier alpha value is -0.660. The summed E-state index contributed by atoms with van der Waals surface area (Å²) in [5.41, 5.74) is 0.575. The molecule has 0 radical (unpaired) electrons. The van der Waals surface area contributed by atoms with E-state index >= 15 is 0 Å². The number of nitrogens with one attached hydrogen (secondary N) is 1. The second-order valence-corrected chi connectivity index (χ2v) is 7.35. The number of ether oxygens (including phenoxy) is 1. The molecule has 1 aromatic rings. The number of hydrogen-bond donors (Lipinski definition) is 1. The third kappa shape index (κ3) is 4.17. The molecule has 0 unspecified atom stereocenters. The first-order valence-electron chi connectivity index (χ1n) is 6.98. The van der Waals surface area contributed by atoms with Gasteiger partial charge in [-0.2, -0.15) is 0 Å². The zero-order chi connectivity index (χ0) is 15.5. The van der Waals surface area contributed by atoms with Crippen molar-refractivity contribution in [3.8, 4) is 0 Å². The normalized spacial score (nSPS) is 18.6. The molecule has 0 aromatic heterocycles. The van der Waals surface area contributed by atoms with Gasteiger partial charge in [0.15, 0.2) is 0 Å². The molecule has 1 fully saturated rings. The fourth-order valence-corrected chi connectivity index (χ4v) is 3.95. The lowest BCUT2D eigenvalue weighted by Crippen LogP contribution is -2.47. The lowest BCUT2D eigenvalue weighted by atomic mass is 10.2. The van der Waals surface area contributed by atoms with Crippen molar-refractivity contribution in [2.24, 2.45) is 0 Å². The highest BCUT2D eigenvalue weighted by molar-refractivity contribution is 7.89. The van der Waals surface area contributed by atoms with Gasteiger partial charge in [0.05, 0.1) is 18.1 Å². The van der Waals surface area contributed by atoms with E-state index in [4.69, 9.17) is 16.3 Å². The quantitative estimate of drug-likeness (QED) is 0.890. The topological polar surface area (TPSA) is 58.6 Å². The van der Waals surface area contributed by atoms with Gasteiger partial charge >= 0.3 is 0 Å². The van der Waals surface area contributed by atoms with Crippen molar-refractivity contribution in [2.75, 3.05) is 32.8 Å². The van der Waals surface area contributed by atoms with Crippen molar-refractivity contribution >= 4 is 21.6 Å². The molecule has 118 valence electrons. The Bertz CT molecular complexity index is 586. The molecule has 0 bridgehead atoms. The van der Waals surface area contributed by atoms with Crippen LogP contribution in [0.5, 0.6) is 0 Å². The summed E-state index contributed by atoms with van der Waals surface area (Å²) in [7, 11) is -3.54. The minimum absolute atomic E-state index is 0.128. The number of rotatable bonds is 5. The molecule has 1 heterocycles. The smallest absolute Gasteiger partial charge is 0.240 e. The zero-order valence-corrected chi connectivity index (χ0v) is 13.9. The molecule has 2 rings (SSSR count). The predicted octanol–water partition coefficient (Wildman–Crippen LogP) is 1.65. The second kappa shape index (κ2) is 7.07. The minimum atomic E-state index is -3.54. The Balaban J connectivity index is 2.02. The summed E-state index contributed by atoms with van der Waals surface area (Å²) in [5.74, 6) is 0. The lowest BCUT2D eigenvalue weighted by Gasteiger charge is -2.32. The molecule has 7 heteroatoms. The van der Waals surface area contributed by atoms with E-state index in [1.165, 1.54) is 0 Å². The van der Waals surface area contributed by atoms with Crippen LogP contribution in [0.25, 0.3) is 0 Å². The first kappa shape index (κ1) is 16.7. The van der Waals surface area contributed by atoms with Crippen LogP contribution in [0.2, 0.25) is 5.02 Å². The molecule has 1 saturated heterocycles. The Morgan fingerprint density at radius 3 is 2.71 bits per heavy atom. The van der Waals surface area contributed by atoms with Crippen LogP contribution in [-0.4, -0.2) is 52.2 Å². The fourth-order valence-electron chi connectivity index (χ4n) is 2.33. The lowest BCUT2D eigenvalue weighted by molar-refractivity contribution is 0.0213. The highest BCUT2D eigenvalue weighted by atomic mass is 35.5. The van der Waals surface area contributed by atoms with Gasteiger partial charge in [-0.15, -0.1) is 0 Å². The van der Waals surface area contributed by atoms with Gasteiger partial charge in [0.25, 0.3) is 0 Å². The van der Waals surface area contributed by atoms with Crippen molar-refractivity contribution < 1.29 is 13.2 Å². The predicted molar refractivity (Wildman–Crippen MR) is 83.2 cm³/mol. The van der Waals surface area contributed by atoms with E-state index in [2.05, 4.69) is 9.62 Å². The minimum Gasteiger partial charge on any atom is -0.379 e. The van der Waals surface area contributed by atoms with E-state index in [0.717, 1.165) is 13.1 Å². The van der Waals surface area contributed by atoms with Crippen LogP contribution in [0.1, 0.15) is 12.5 Å². The molecule has 0 aliphatic carbocycles. The van der Waals surface area contributed by atoms with E-state index < -0.39 is 10.0 Å². The summed E-state index contributed by atoms with van der Waals surface area (Å²) in [4.78, 5) is 2.46. The Kier molecular flexibility index (Phi) is 5.62. The van der Waals surface area contributed by atoms with Gasteiger partial charge in [0.1, 0.15) is 0 Å². The molecule has 5 nitrogen and oxygen atoms in total. The summed E-state index contributed by atoms with van der Waals surface area (Å²) in [6, 6.07) is 5.04. The largest absolute Gasteiger partial charge is 0.379 e. The fraction of sp³-hybridized carbons (Fsp3) is 0.571. The van der Waals surface area contributed by atoms with Crippen LogP contribution in [-0.2, 0) is 14.8 Å². The van der Waals surface area contributed by atoms with Gasteiger partial charge in [0.2, 0.25) is 10.0 Å². The maximum absolute atomic E-state index is 12.4. The molecule has 21 heavy (non-hydrogen) atoms. The van der Waals surface area contributed by atoms with Crippen LogP contribution >= 0.6 is 11.6 Å². The van der Waals surface area contributed by atoms with Crippen molar-refractivity contribution in [1.29, 1.82) is 0 Å². The molecule has 1 atom stereocenters. The maximum Gasteiger partial charge on any atom is 0.240 e. The molecule has 1 aromatic carbocycles. The highest BCUT2D eigenvalue weighted by Gasteiger charge is 2.22. The Morgan fingerprint density at radius 1 is 1.38 bits per heavy atom. The van der Waals surface area contributed by atoms with Crippen LogP contribution in [0.3, 0.4) is 0 Å². The van der Waals surface area contributed by atoms with Gasteiger partial charge in [-0.05, 0) is 31.5 Å². The third-order valence-electron chi connectivity index (χ3n) is 3.75. The molecule has 0 spiro atoms. The average molecular weight is 333 g/mol. The van der Waals surface area contributed by atoms with Crippen LogP contribution in [0.4, 0.5) is 0 Å². The summed E-state index contributed by atoms with van der Waals surface area (Å²) in [6.07, 6.45) is 0. The number of benzene rings is 1. The second-order valence-electron chi connectivity index (χ2n) is 5.21. The van der Waals surface area contributed by atoms with E-state index in [-0.39, 0.29) is 10.9 Å². The molecule has 0 saturated carbocycles. The number of morpholine rings is 1.